The number of nitrogens with zero attached hydrogens (tertiary/aromatic N) is 4. The number of hydrogen-bond acceptors (Lipinski definition) is 8. The molecule has 1 saturated heterocycles. The zero-order valence-corrected chi connectivity index (χ0v) is 17.8. The molecule has 0 radical (unpaired) electrons. The Bertz CT molecular complexity index is 1200. The number of benzene rings is 2. The molecule has 0 saturated carbocycles. The van der Waals surface area contributed by atoms with Crippen molar-refractivity contribution in [1.29, 1.82) is 0 Å². The van der Waals surface area contributed by atoms with Crippen molar-refractivity contribution in [3.05, 3.63) is 48.5 Å². The Balaban J connectivity index is 1.20. The molecule has 9 heteroatoms. The Hall–Kier alpha value is -3.46. The summed E-state index contributed by atoms with van der Waals surface area (Å²) in [5, 5.41) is 7.67. The second-order valence-corrected chi connectivity index (χ2v) is 8.40. The van der Waals surface area contributed by atoms with Crippen molar-refractivity contribution in [2.24, 2.45) is 5.92 Å². The molecule has 1 aliphatic rings. The fourth-order valence-electron chi connectivity index (χ4n) is 3.67. The minimum atomic E-state index is -0.0747. The largest absolute Gasteiger partial charge is 0.497 e. The van der Waals surface area contributed by atoms with E-state index < -0.39 is 0 Å². The van der Waals surface area contributed by atoms with Gasteiger partial charge in [0.25, 0.3) is 0 Å². The summed E-state index contributed by atoms with van der Waals surface area (Å²) in [6, 6.07) is 15.9. The number of carbonyl (C=O) groups excluding carboxylic acids is 1. The third-order valence-electron chi connectivity index (χ3n) is 5.41. The van der Waals surface area contributed by atoms with Crippen LogP contribution in [0.1, 0.15) is 12.8 Å². The summed E-state index contributed by atoms with van der Waals surface area (Å²) >= 11 is 1.45. The number of methoxy groups -OCH3 is 1. The van der Waals surface area contributed by atoms with Crippen LogP contribution in [0.3, 0.4) is 0 Å². The molecule has 4 aromatic rings. The fourth-order valence-corrected chi connectivity index (χ4v) is 4.57. The van der Waals surface area contributed by atoms with Crippen LogP contribution in [0.25, 0.3) is 21.6 Å². The summed E-state index contributed by atoms with van der Waals surface area (Å²) in [4.78, 5) is 23.8. The number of anilines is 2. The predicted octanol–water partition coefficient (Wildman–Crippen LogP) is 4.21. The third kappa shape index (κ3) is 4.09. The highest BCUT2D eigenvalue weighted by Gasteiger charge is 2.28. The van der Waals surface area contributed by atoms with Gasteiger partial charge >= 0.3 is 6.01 Å². The Morgan fingerprint density at radius 3 is 2.74 bits per heavy atom. The van der Waals surface area contributed by atoms with E-state index >= 15 is 0 Å². The van der Waals surface area contributed by atoms with Crippen LogP contribution in [0, 0.1) is 5.92 Å². The Morgan fingerprint density at radius 1 is 1.16 bits per heavy atom. The number of ether oxygens (including phenoxy) is 1. The summed E-state index contributed by atoms with van der Waals surface area (Å²) in [5.41, 5.74) is 1.77. The van der Waals surface area contributed by atoms with E-state index in [4.69, 9.17) is 9.26 Å². The van der Waals surface area contributed by atoms with E-state index in [1.807, 2.05) is 53.4 Å². The van der Waals surface area contributed by atoms with Gasteiger partial charge < -0.3 is 19.5 Å². The van der Waals surface area contributed by atoms with Gasteiger partial charge in [0, 0.05) is 24.6 Å². The average Bonchev–Trinajstić information content (AvgIpc) is 3.46. The molecule has 5 rings (SSSR count). The SMILES string of the molecule is COc1ccc2nc(NC(=O)C3CCN(c4nc(-c5ccccc5)no4)CC3)sc2c1. The quantitative estimate of drug-likeness (QED) is 0.502. The maximum atomic E-state index is 12.8. The van der Waals surface area contributed by atoms with Gasteiger partial charge in [-0.2, -0.15) is 4.98 Å². The second-order valence-electron chi connectivity index (χ2n) is 7.37. The minimum absolute atomic E-state index is 0.00109. The standard InChI is InChI=1S/C22H21N5O3S/c1-29-16-7-8-17-18(13-16)31-21(23-17)25-20(28)15-9-11-27(12-10-15)22-24-19(26-30-22)14-5-3-2-4-6-14/h2-8,13,15H,9-12H2,1H3,(H,23,25,28). The molecule has 1 amide bonds. The first-order chi connectivity index (χ1) is 15.2. The van der Waals surface area contributed by atoms with Crippen LogP contribution >= 0.6 is 11.3 Å². The van der Waals surface area contributed by atoms with Gasteiger partial charge in [0.05, 0.1) is 17.3 Å². The van der Waals surface area contributed by atoms with Crippen LogP contribution in [-0.2, 0) is 4.79 Å². The van der Waals surface area contributed by atoms with Crippen molar-refractivity contribution in [2.45, 2.75) is 12.8 Å². The number of amides is 1. The van der Waals surface area contributed by atoms with Gasteiger partial charge in [-0.25, -0.2) is 4.98 Å². The van der Waals surface area contributed by atoms with Gasteiger partial charge in [-0.1, -0.05) is 46.8 Å². The normalized spacial score (nSPS) is 14.7. The number of hydrogen-bond donors (Lipinski definition) is 1. The first-order valence-electron chi connectivity index (χ1n) is 10.1. The van der Waals surface area contributed by atoms with Gasteiger partial charge in [0.15, 0.2) is 5.13 Å². The summed E-state index contributed by atoms with van der Waals surface area (Å²) in [5.74, 6) is 1.27. The molecule has 1 fully saturated rings. The molecule has 0 bridgehead atoms. The maximum absolute atomic E-state index is 12.8. The maximum Gasteiger partial charge on any atom is 0.324 e. The monoisotopic (exact) mass is 435 g/mol. The summed E-state index contributed by atoms with van der Waals surface area (Å²) < 4.78 is 11.7. The van der Waals surface area contributed by atoms with Gasteiger partial charge in [-0.15, -0.1) is 0 Å². The lowest BCUT2D eigenvalue weighted by Gasteiger charge is -2.29. The van der Waals surface area contributed by atoms with Crippen molar-refractivity contribution >= 4 is 38.6 Å². The molecule has 0 unspecified atom stereocenters. The summed E-state index contributed by atoms with van der Waals surface area (Å²) in [6.45, 7) is 1.37. The molecular weight excluding hydrogens is 414 g/mol. The number of nitrogens with one attached hydrogen (secondary N) is 1. The van der Waals surface area contributed by atoms with E-state index in [9.17, 15) is 4.79 Å². The van der Waals surface area contributed by atoms with Gasteiger partial charge in [0.2, 0.25) is 11.7 Å². The minimum Gasteiger partial charge on any atom is -0.497 e. The number of aromatic nitrogens is 3. The topological polar surface area (TPSA) is 93.4 Å². The van der Waals surface area contributed by atoms with Crippen LogP contribution in [-0.4, -0.2) is 41.2 Å². The molecule has 158 valence electrons. The molecule has 1 aliphatic heterocycles. The van der Waals surface area contributed by atoms with Crippen molar-refractivity contribution in [3.63, 3.8) is 0 Å². The third-order valence-corrected chi connectivity index (χ3v) is 6.34. The summed E-state index contributed by atoms with van der Waals surface area (Å²) in [7, 11) is 1.63. The first kappa shape index (κ1) is 19.5. The molecule has 2 aromatic carbocycles. The van der Waals surface area contributed by atoms with Crippen LogP contribution in [0.2, 0.25) is 0 Å². The van der Waals surface area contributed by atoms with Gasteiger partial charge in [0.1, 0.15) is 5.75 Å². The van der Waals surface area contributed by atoms with Crippen molar-refractivity contribution < 1.29 is 14.1 Å². The zero-order valence-electron chi connectivity index (χ0n) is 16.9. The smallest absolute Gasteiger partial charge is 0.324 e. The number of fused-ring (bicyclic) bond motifs is 1. The number of thiazole rings is 1. The molecular formula is C22H21N5O3S. The van der Waals surface area contributed by atoms with Crippen molar-refractivity contribution in [1.82, 2.24) is 15.1 Å². The van der Waals surface area contributed by atoms with Gasteiger partial charge in [-0.3, -0.25) is 4.79 Å². The number of rotatable bonds is 5. The van der Waals surface area contributed by atoms with Gasteiger partial charge in [-0.05, 0) is 31.0 Å². The fraction of sp³-hybridized carbons (Fsp3) is 0.273. The van der Waals surface area contributed by atoms with E-state index in [1.165, 1.54) is 11.3 Å². The number of piperidine rings is 1. The van der Waals surface area contributed by atoms with Crippen LogP contribution in [0.5, 0.6) is 5.75 Å². The van der Waals surface area contributed by atoms with E-state index in [0.29, 0.717) is 42.9 Å². The van der Waals surface area contributed by atoms with E-state index in [1.54, 1.807) is 7.11 Å². The lowest BCUT2D eigenvalue weighted by atomic mass is 9.96. The van der Waals surface area contributed by atoms with E-state index in [-0.39, 0.29) is 11.8 Å². The molecule has 3 heterocycles. The van der Waals surface area contributed by atoms with Crippen molar-refractivity contribution in [3.8, 4) is 17.1 Å². The molecule has 0 spiro atoms. The highest BCUT2D eigenvalue weighted by atomic mass is 32.1. The van der Waals surface area contributed by atoms with Crippen molar-refractivity contribution in [2.75, 3.05) is 30.4 Å². The molecule has 0 aliphatic carbocycles. The number of carbonyl (C=O) groups is 1. The Labute approximate surface area is 182 Å². The molecule has 1 N–H and O–H groups in total. The van der Waals surface area contributed by atoms with E-state index in [0.717, 1.165) is 21.5 Å². The summed E-state index contributed by atoms with van der Waals surface area (Å²) in [6.07, 6.45) is 1.43. The molecule has 31 heavy (non-hydrogen) atoms. The lowest BCUT2D eigenvalue weighted by Crippen LogP contribution is -2.38. The second kappa shape index (κ2) is 8.35. The van der Waals surface area contributed by atoms with Crippen LogP contribution in [0.4, 0.5) is 11.1 Å². The molecule has 0 atom stereocenters. The highest BCUT2D eigenvalue weighted by Crippen LogP contribution is 2.30. The van der Waals surface area contributed by atoms with E-state index in [2.05, 4.69) is 20.4 Å². The lowest BCUT2D eigenvalue weighted by molar-refractivity contribution is -0.120. The van der Waals surface area contributed by atoms with Crippen LogP contribution < -0.4 is 15.0 Å². The van der Waals surface area contributed by atoms with Crippen LogP contribution in [0.15, 0.2) is 53.1 Å². The Morgan fingerprint density at radius 2 is 1.97 bits per heavy atom. The molecule has 8 nitrogen and oxygen atoms in total. The highest BCUT2D eigenvalue weighted by molar-refractivity contribution is 7.22. The zero-order chi connectivity index (χ0) is 21.2. The predicted molar refractivity (Wildman–Crippen MR) is 119 cm³/mol. The first-order valence-corrected chi connectivity index (χ1v) is 10.9. The molecule has 2 aromatic heterocycles. The Kier molecular flexibility index (Phi) is 5.25. The average molecular weight is 436 g/mol.